The van der Waals surface area contributed by atoms with Crippen molar-refractivity contribution in [3.63, 3.8) is 0 Å². The lowest BCUT2D eigenvalue weighted by Gasteiger charge is -2.27. The summed E-state index contributed by atoms with van der Waals surface area (Å²) in [7, 11) is 0. The number of rotatable bonds is 9. The van der Waals surface area contributed by atoms with Gasteiger partial charge in [-0.2, -0.15) is 13.2 Å². The fraction of sp³-hybridized carbons (Fsp3) is 0.382. The summed E-state index contributed by atoms with van der Waals surface area (Å²) in [6.07, 6.45) is 1.08. The molecule has 6 rings (SSSR count). The second-order valence-electron chi connectivity index (χ2n) is 12.1. The Morgan fingerprint density at radius 2 is 1.90 bits per heavy atom. The standard InChI is InChI=1S/C19H22N4O2S.C15H14F5N3/c1-2-3-10-19(15-5-4-11-21-16(15)22-18(19)25)12-13-6-8-14(9-7-13)17(24)23-26-20;16-11-5-2-4-10(14(11)17)9-3-1-6-12-21-22-13(23(12)8-9)7-15(18,19)20/h4-9,11H,2-3,10,12,20H2,1H3,(H,23,24)(H,21,22,25);2,4-5,9H,1,3,6-8H2. The smallest absolute Gasteiger partial charge is 0.314 e. The molecule has 0 fully saturated rings. The highest BCUT2D eigenvalue weighted by Gasteiger charge is 2.46. The fourth-order valence-corrected chi connectivity index (χ4v) is 6.68. The highest BCUT2D eigenvalue weighted by atomic mass is 32.2. The molecule has 0 aliphatic carbocycles. The second kappa shape index (κ2) is 15.5. The van der Waals surface area contributed by atoms with Crippen molar-refractivity contribution in [3.8, 4) is 0 Å². The average molecular weight is 702 g/mol. The monoisotopic (exact) mass is 701 g/mol. The van der Waals surface area contributed by atoms with Crippen molar-refractivity contribution in [2.45, 2.75) is 82.3 Å². The Labute approximate surface area is 284 Å². The number of halogens is 5. The molecule has 4 aromatic rings. The number of amides is 2. The van der Waals surface area contributed by atoms with E-state index in [-0.39, 0.29) is 29.7 Å². The Kier molecular flexibility index (Phi) is 11.3. The zero-order valence-electron chi connectivity index (χ0n) is 26.7. The van der Waals surface area contributed by atoms with Gasteiger partial charge in [-0.15, -0.1) is 10.2 Å². The molecule has 2 unspecified atom stereocenters. The van der Waals surface area contributed by atoms with Gasteiger partial charge in [0.2, 0.25) is 5.91 Å². The molecule has 2 aromatic carbocycles. The summed E-state index contributed by atoms with van der Waals surface area (Å²) in [4.78, 5) is 29.0. The fourth-order valence-electron chi connectivity index (χ4n) is 6.45. The predicted octanol–water partition coefficient (Wildman–Crippen LogP) is 6.74. The van der Waals surface area contributed by atoms with Gasteiger partial charge in [-0.1, -0.05) is 50.1 Å². The number of hydrogen-bond donors (Lipinski definition) is 3. The molecule has 4 heterocycles. The van der Waals surface area contributed by atoms with Crippen LogP contribution in [0.1, 0.15) is 83.6 Å². The van der Waals surface area contributed by atoms with Gasteiger partial charge in [-0.05, 0) is 61.1 Å². The number of fused-ring (bicyclic) bond motifs is 2. The van der Waals surface area contributed by atoms with Gasteiger partial charge in [0.1, 0.15) is 23.9 Å². The summed E-state index contributed by atoms with van der Waals surface area (Å²) in [5.74, 6) is -1.60. The van der Waals surface area contributed by atoms with Gasteiger partial charge in [-0.25, -0.2) is 13.8 Å². The molecular formula is C34H36F5N7O2S. The van der Waals surface area contributed by atoms with Gasteiger partial charge >= 0.3 is 6.18 Å². The number of hydrogen-bond acceptors (Lipinski definition) is 7. The van der Waals surface area contributed by atoms with Crippen LogP contribution in [-0.2, 0) is 36.0 Å². The van der Waals surface area contributed by atoms with Crippen LogP contribution in [0, 0.1) is 11.6 Å². The molecule has 49 heavy (non-hydrogen) atoms. The van der Waals surface area contributed by atoms with Crippen molar-refractivity contribution in [1.82, 2.24) is 24.5 Å². The van der Waals surface area contributed by atoms with E-state index in [1.54, 1.807) is 18.3 Å². The van der Waals surface area contributed by atoms with Gasteiger partial charge in [0.25, 0.3) is 5.91 Å². The Hall–Kier alpha value is -4.37. The van der Waals surface area contributed by atoms with Crippen molar-refractivity contribution in [2.75, 3.05) is 5.32 Å². The number of nitrogens with one attached hydrogen (secondary N) is 2. The molecule has 0 bridgehead atoms. The van der Waals surface area contributed by atoms with E-state index in [4.69, 9.17) is 5.14 Å². The maximum absolute atomic E-state index is 14.0. The maximum Gasteiger partial charge on any atom is 0.396 e. The van der Waals surface area contributed by atoms with Crippen molar-refractivity contribution < 1.29 is 31.5 Å². The number of aryl methyl sites for hydroxylation is 1. The first-order valence-corrected chi connectivity index (χ1v) is 16.8. The largest absolute Gasteiger partial charge is 0.396 e. The van der Waals surface area contributed by atoms with Crippen LogP contribution >= 0.6 is 12.1 Å². The first kappa shape index (κ1) is 35.9. The van der Waals surface area contributed by atoms with Crippen LogP contribution in [0.4, 0.5) is 27.8 Å². The molecule has 2 aliphatic heterocycles. The van der Waals surface area contributed by atoms with Crippen LogP contribution in [0.25, 0.3) is 0 Å². The van der Waals surface area contributed by atoms with E-state index < -0.39 is 35.6 Å². The molecular weight excluding hydrogens is 665 g/mol. The van der Waals surface area contributed by atoms with Crippen LogP contribution in [0.15, 0.2) is 60.8 Å². The van der Waals surface area contributed by atoms with E-state index >= 15 is 0 Å². The molecule has 2 aliphatic rings. The summed E-state index contributed by atoms with van der Waals surface area (Å²) in [5.41, 5.74) is 2.07. The third kappa shape index (κ3) is 8.27. The van der Waals surface area contributed by atoms with Crippen molar-refractivity contribution >= 4 is 29.8 Å². The lowest BCUT2D eigenvalue weighted by atomic mass is 9.73. The molecule has 0 saturated carbocycles. The quantitative estimate of drug-likeness (QED) is 0.130. The van der Waals surface area contributed by atoms with Crippen molar-refractivity contribution in [2.24, 2.45) is 5.14 Å². The number of alkyl halides is 3. The summed E-state index contributed by atoms with van der Waals surface area (Å²) >= 11 is 0.777. The molecule has 260 valence electrons. The third-order valence-electron chi connectivity index (χ3n) is 8.86. The van der Waals surface area contributed by atoms with Crippen molar-refractivity contribution in [3.05, 3.63) is 106 Å². The lowest BCUT2D eigenvalue weighted by molar-refractivity contribution is -0.129. The highest BCUT2D eigenvalue weighted by Crippen LogP contribution is 2.43. The molecule has 2 amide bonds. The van der Waals surface area contributed by atoms with Crippen LogP contribution < -0.4 is 15.2 Å². The number of anilines is 1. The molecule has 2 aromatic heterocycles. The number of carbonyl (C=O) groups excluding carboxylic acids is 2. The first-order valence-electron chi connectivity index (χ1n) is 15.9. The number of nitrogens with zero attached hydrogens (tertiary/aromatic N) is 4. The Morgan fingerprint density at radius 3 is 2.61 bits per heavy atom. The summed E-state index contributed by atoms with van der Waals surface area (Å²) < 4.78 is 69.2. The topological polar surface area (TPSA) is 128 Å². The van der Waals surface area contributed by atoms with E-state index in [1.807, 2.05) is 24.3 Å². The number of nitrogens with two attached hydrogens (primary N) is 1. The predicted molar refractivity (Wildman–Crippen MR) is 175 cm³/mol. The number of benzene rings is 2. The normalized spacial score (nSPS) is 18.4. The van der Waals surface area contributed by atoms with Gasteiger partial charge in [0.05, 0.1) is 5.41 Å². The van der Waals surface area contributed by atoms with E-state index in [1.165, 1.54) is 16.7 Å². The minimum absolute atomic E-state index is 0.000927. The number of aromatic nitrogens is 4. The second-order valence-corrected chi connectivity index (χ2v) is 12.6. The molecule has 2 atom stereocenters. The summed E-state index contributed by atoms with van der Waals surface area (Å²) in [5, 5.41) is 15.6. The number of unbranched alkanes of at least 4 members (excludes halogenated alkanes) is 1. The Morgan fingerprint density at radius 1 is 1.12 bits per heavy atom. The lowest BCUT2D eigenvalue weighted by Crippen LogP contribution is -2.36. The molecule has 15 heteroatoms. The molecule has 9 nitrogen and oxygen atoms in total. The third-order valence-corrected chi connectivity index (χ3v) is 9.16. The SMILES string of the molecule is CCCCC1(Cc2ccc(C(=O)NSN)cc2)C(=O)Nc2ncccc21.Fc1cccc(C2CCCc3nnc(CC(F)(F)F)n3C2)c1F. The van der Waals surface area contributed by atoms with Crippen LogP contribution in [0.3, 0.4) is 0 Å². The van der Waals surface area contributed by atoms with Gasteiger partial charge in [-0.3, -0.25) is 19.5 Å². The molecule has 0 radical (unpaired) electrons. The number of pyridine rings is 1. The summed E-state index contributed by atoms with van der Waals surface area (Å²) in [6, 6.07) is 15.1. The van der Waals surface area contributed by atoms with E-state index in [0.717, 1.165) is 48.6 Å². The van der Waals surface area contributed by atoms with Gasteiger partial charge in [0, 0.05) is 48.3 Å². The molecule has 0 spiro atoms. The molecule has 0 saturated heterocycles. The average Bonchev–Trinajstić information content (AvgIpc) is 3.46. The minimum Gasteiger partial charge on any atom is -0.314 e. The van der Waals surface area contributed by atoms with Gasteiger partial charge in [0.15, 0.2) is 11.6 Å². The zero-order chi connectivity index (χ0) is 35.2. The maximum atomic E-state index is 14.0. The van der Waals surface area contributed by atoms with Gasteiger partial charge < -0.3 is 9.88 Å². The van der Waals surface area contributed by atoms with Crippen LogP contribution in [-0.4, -0.2) is 37.7 Å². The number of carbonyl (C=O) groups is 2. The Balaban J connectivity index is 0.000000192. The van der Waals surface area contributed by atoms with E-state index in [2.05, 4.69) is 32.1 Å². The Bertz CT molecular complexity index is 1780. The van der Waals surface area contributed by atoms with E-state index in [0.29, 0.717) is 42.9 Å². The first-order chi connectivity index (χ1) is 23.5. The van der Waals surface area contributed by atoms with Crippen LogP contribution in [0.5, 0.6) is 0 Å². The van der Waals surface area contributed by atoms with E-state index in [9.17, 15) is 31.5 Å². The summed E-state index contributed by atoms with van der Waals surface area (Å²) in [6.45, 7) is 2.24. The highest BCUT2D eigenvalue weighted by molar-refractivity contribution is 7.95. The zero-order valence-corrected chi connectivity index (χ0v) is 27.5. The van der Waals surface area contributed by atoms with Crippen LogP contribution in [0.2, 0.25) is 0 Å². The molecule has 4 N–H and O–H groups in total. The van der Waals surface area contributed by atoms with Crippen molar-refractivity contribution in [1.29, 1.82) is 0 Å². The minimum atomic E-state index is -4.39.